The number of fused-ring (bicyclic) bond motifs is 1. The third-order valence-electron chi connectivity index (χ3n) is 3.61. The second-order valence-corrected chi connectivity index (χ2v) is 5.16. The number of aryl methyl sites for hydroxylation is 2. The van der Waals surface area contributed by atoms with Gasteiger partial charge in [0.25, 0.3) is 0 Å². The highest BCUT2D eigenvalue weighted by Crippen LogP contribution is 2.22. The van der Waals surface area contributed by atoms with E-state index < -0.39 is 0 Å². The van der Waals surface area contributed by atoms with Crippen LogP contribution in [0.5, 0.6) is 0 Å². The maximum absolute atomic E-state index is 4.39. The lowest BCUT2D eigenvalue weighted by molar-refractivity contribution is 1.12. The number of benzene rings is 2. The minimum Gasteiger partial charge on any atom is -0.380 e. The summed E-state index contributed by atoms with van der Waals surface area (Å²) in [6.45, 7) is 5.12. The van der Waals surface area contributed by atoms with Gasteiger partial charge in [0.2, 0.25) is 0 Å². The zero-order valence-corrected chi connectivity index (χ0v) is 11.9. The van der Waals surface area contributed by atoms with Gasteiger partial charge >= 0.3 is 0 Å². The van der Waals surface area contributed by atoms with Crippen LogP contribution in [0.2, 0.25) is 0 Å². The Bertz CT molecular complexity index is 742. The molecule has 0 unspecified atom stereocenters. The predicted octanol–water partition coefficient (Wildman–Crippen LogP) is 4.46. The van der Waals surface area contributed by atoms with Gasteiger partial charge in [-0.05, 0) is 49.2 Å². The van der Waals surface area contributed by atoms with Gasteiger partial charge in [0.15, 0.2) is 0 Å². The molecule has 0 saturated heterocycles. The molecule has 2 heteroatoms. The second kappa shape index (κ2) is 5.33. The molecule has 0 aliphatic carbocycles. The summed E-state index contributed by atoms with van der Waals surface area (Å²) in [7, 11) is 0. The number of nitrogens with zero attached hydrogens (tertiary/aromatic N) is 1. The summed E-state index contributed by atoms with van der Waals surface area (Å²) in [6.07, 6.45) is 1.83. The van der Waals surface area contributed by atoms with Crippen LogP contribution in [0, 0.1) is 13.8 Å². The summed E-state index contributed by atoms with van der Waals surface area (Å²) < 4.78 is 0. The molecular formula is C18H18N2. The minimum absolute atomic E-state index is 0.833. The fourth-order valence-electron chi connectivity index (χ4n) is 2.49. The van der Waals surface area contributed by atoms with Gasteiger partial charge in [0, 0.05) is 23.8 Å². The summed E-state index contributed by atoms with van der Waals surface area (Å²) in [5.41, 5.74) is 6.13. The van der Waals surface area contributed by atoms with Crippen molar-refractivity contribution < 1.29 is 0 Å². The molecule has 0 radical (unpaired) electrons. The summed E-state index contributed by atoms with van der Waals surface area (Å²) in [4.78, 5) is 4.39. The van der Waals surface area contributed by atoms with Crippen LogP contribution < -0.4 is 5.32 Å². The summed E-state index contributed by atoms with van der Waals surface area (Å²) >= 11 is 0. The second-order valence-electron chi connectivity index (χ2n) is 5.16. The van der Waals surface area contributed by atoms with E-state index in [-0.39, 0.29) is 0 Å². The van der Waals surface area contributed by atoms with Gasteiger partial charge in [0.1, 0.15) is 0 Å². The fraction of sp³-hybridized carbons (Fsp3) is 0.167. The van der Waals surface area contributed by atoms with Gasteiger partial charge in [-0.1, -0.05) is 29.8 Å². The Morgan fingerprint density at radius 3 is 2.75 bits per heavy atom. The van der Waals surface area contributed by atoms with E-state index in [1.54, 1.807) is 0 Å². The standard InChI is InChI=1S/C18H18N2/c1-13-8-9-15(14(2)11-13)12-20-18-7-3-6-17-16(18)5-4-10-19-17/h3-11,20H,12H2,1-2H3. The predicted molar refractivity (Wildman–Crippen MR) is 85.0 cm³/mol. The van der Waals surface area contributed by atoms with Crippen molar-refractivity contribution in [2.24, 2.45) is 0 Å². The topological polar surface area (TPSA) is 24.9 Å². The first-order chi connectivity index (χ1) is 9.74. The lowest BCUT2D eigenvalue weighted by atomic mass is 10.1. The molecule has 0 amide bonds. The first-order valence-corrected chi connectivity index (χ1v) is 6.88. The zero-order chi connectivity index (χ0) is 13.9. The Balaban J connectivity index is 1.87. The Labute approximate surface area is 119 Å². The van der Waals surface area contributed by atoms with E-state index >= 15 is 0 Å². The van der Waals surface area contributed by atoms with E-state index in [0.717, 1.165) is 17.7 Å². The highest BCUT2D eigenvalue weighted by molar-refractivity contribution is 5.91. The third-order valence-corrected chi connectivity index (χ3v) is 3.61. The summed E-state index contributed by atoms with van der Waals surface area (Å²) in [5, 5.41) is 4.69. The average Bonchev–Trinajstić information content (AvgIpc) is 2.46. The highest BCUT2D eigenvalue weighted by atomic mass is 14.9. The van der Waals surface area contributed by atoms with Crippen LogP contribution in [0.15, 0.2) is 54.7 Å². The first kappa shape index (κ1) is 12.7. The van der Waals surface area contributed by atoms with E-state index in [2.05, 4.69) is 54.5 Å². The number of aromatic nitrogens is 1. The molecule has 100 valence electrons. The number of pyridine rings is 1. The van der Waals surface area contributed by atoms with Crippen LogP contribution in [-0.4, -0.2) is 4.98 Å². The van der Waals surface area contributed by atoms with Crippen molar-refractivity contribution in [2.75, 3.05) is 5.32 Å². The molecule has 0 aliphatic heterocycles. The molecule has 0 fully saturated rings. The quantitative estimate of drug-likeness (QED) is 0.753. The number of anilines is 1. The van der Waals surface area contributed by atoms with Crippen molar-refractivity contribution in [3.8, 4) is 0 Å². The Kier molecular flexibility index (Phi) is 3.38. The third kappa shape index (κ3) is 2.50. The lowest BCUT2D eigenvalue weighted by Crippen LogP contribution is -2.02. The first-order valence-electron chi connectivity index (χ1n) is 6.88. The van der Waals surface area contributed by atoms with E-state index in [0.29, 0.717) is 0 Å². The number of hydrogen-bond donors (Lipinski definition) is 1. The van der Waals surface area contributed by atoms with Crippen LogP contribution in [0.3, 0.4) is 0 Å². The SMILES string of the molecule is Cc1ccc(CNc2cccc3ncccc23)c(C)c1. The van der Waals surface area contributed by atoms with E-state index in [9.17, 15) is 0 Å². The van der Waals surface area contributed by atoms with Crippen LogP contribution in [0.25, 0.3) is 10.9 Å². The van der Waals surface area contributed by atoms with Crippen molar-refractivity contribution in [1.82, 2.24) is 4.98 Å². The molecule has 3 rings (SSSR count). The zero-order valence-electron chi connectivity index (χ0n) is 11.9. The van der Waals surface area contributed by atoms with Gasteiger partial charge in [-0.2, -0.15) is 0 Å². The number of nitrogens with one attached hydrogen (secondary N) is 1. The maximum Gasteiger partial charge on any atom is 0.0722 e. The molecule has 0 spiro atoms. The van der Waals surface area contributed by atoms with Gasteiger partial charge in [-0.15, -0.1) is 0 Å². The molecule has 0 bridgehead atoms. The fourth-order valence-corrected chi connectivity index (χ4v) is 2.49. The number of rotatable bonds is 3. The average molecular weight is 262 g/mol. The Hall–Kier alpha value is -2.35. The van der Waals surface area contributed by atoms with Crippen LogP contribution in [-0.2, 0) is 6.54 Å². The Morgan fingerprint density at radius 1 is 1.00 bits per heavy atom. The van der Waals surface area contributed by atoms with Crippen LogP contribution in [0.1, 0.15) is 16.7 Å². The molecule has 2 aromatic carbocycles. The molecule has 1 N–H and O–H groups in total. The van der Waals surface area contributed by atoms with Crippen molar-refractivity contribution in [1.29, 1.82) is 0 Å². The Morgan fingerprint density at radius 2 is 1.90 bits per heavy atom. The lowest BCUT2D eigenvalue weighted by Gasteiger charge is -2.11. The van der Waals surface area contributed by atoms with E-state index in [1.807, 2.05) is 24.4 Å². The molecule has 1 aromatic heterocycles. The molecule has 2 nitrogen and oxygen atoms in total. The largest absolute Gasteiger partial charge is 0.380 e. The van der Waals surface area contributed by atoms with Crippen molar-refractivity contribution in [2.45, 2.75) is 20.4 Å². The van der Waals surface area contributed by atoms with Crippen LogP contribution >= 0.6 is 0 Å². The molecule has 0 aliphatic rings. The summed E-state index contributed by atoms with van der Waals surface area (Å²) in [6, 6.07) is 16.8. The molecule has 3 aromatic rings. The monoisotopic (exact) mass is 262 g/mol. The highest BCUT2D eigenvalue weighted by Gasteiger charge is 2.02. The smallest absolute Gasteiger partial charge is 0.0722 e. The van der Waals surface area contributed by atoms with Gasteiger partial charge in [-0.25, -0.2) is 0 Å². The normalized spacial score (nSPS) is 10.7. The molecule has 1 heterocycles. The van der Waals surface area contributed by atoms with Crippen molar-refractivity contribution in [3.63, 3.8) is 0 Å². The van der Waals surface area contributed by atoms with Crippen LogP contribution in [0.4, 0.5) is 5.69 Å². The van der Waals surface area contributed by atoms with E-state index in [4.69, 9.17) is 0 Å². The van der Waals surface area contributed by atoms with Crippen molar-refractivity contribution in [3.05, 3.63) is 71.4 Å². The molecule has 0 atom stereocenters. The molecule has 0 saturated carbocycles. The molecular weight excluding hydrogens is 244 g/mol. The minimum atomic E-state index is 0.833. The maximum atomic E-state index is 4.39. The van der Waals surface area contributed by atoms with Gasteiger partial charge in [-0.3, -0.25) is 4.98 Å². The van der Waals surface area contributed by atoms with Gasteiger partial charge < -0.3 is 5.32 Å². The number of hydrogen-bond acceptors (Lipinski definition) is 2. The summed E-state index contributed by atoms with van der Waals surface area (Å²) in [5.74, 6) is 0. The van der Waals surface area contributed by atoms with E-state index in [1.165, 1.54) is 22.1 Å². The van der Waals surface area contributed by atoms with Crippen molar-refractivity contribution >= 4 is 16.6 Å². The van der Waals surface area contributed by atoms with Gasteiger partial charge in [0.05, 0.1) is 5.52 Å². The molecule has 20 heavy (non-hydrogen) atoms.